The van der Waals surface area contributed by atoms with Gasteiger partial charge in [0.2, 0.25) is 10.0 Å². The van der Waals surface area contributed by atoms with Crippen molar-refractivity contribution in [2.75, 3.05) is 31.1 Å². The van der Waals surface area contributed by atoms with Crippen LogP contribution < -0.4 is 4.90 Å². The lowest BCUT2D eigenvalue weighted by molar-refractivity contribution is -0.137. The van der Waals surface area contributed by atoms with Gasteiger partial charge in [-0.15, -0.1) is 0 Å². The molecule has 1 fully saturated rings. The largest absolute Gasteiger partial charge is 0.419 e. The van der Waals surface area contributed by atoms with Crippen LogP contribution in [0.25, 0.3) is 0 Å². The lowest BCUT2D eigenvalue weighted by Gasteiger charge is -2.35. The number of sulfonamides is 1. The van der Waals surface area contributed by atoms with Crippen molar-refractivity contribution in [2.45, 2.75) is 11.1 Å². The zero-order valence-electron chi connectivity index (χ0n) is 13.7. The molecule has 0 N–H and O–H groups in total. The Morgan fingerprint density at radius 1 is 1.04 bits per heavy atom. The van der Waals surface area contributed by atoms with Crippen molar-refractivity contribution in [1.82, 2.24) is 9.29 Å². The highest BCUT2D eigenvalue weighted by molar-refractivity contribution is 7.89. The third-order valence-electron chi connectivity index (χ3n) is 4.14. The molecule has 1 saturated heterocycles. The summed E-state index contributed by atoms with van der Waals surface area (Å²) in [7, 11) is -3.88. The highest BCUT2D eigenvalue weighted by atomic mass is 35.5. The molecule has 1 aliphatic heterocycles. The van der Waals surface area contributed by atoms with Crippen molar-refractivity contribution in [1.29, 1.82) is 0 Å². The van der Waals surface area contributed by atoms with Crippen LogP contribution in [0.5, 0.6) is 0 Å². The second-order valence-electron chi connectivity index (χ2n) is 5.84. The van der Waals surface area contributed by atoms with E-state index in [4.69, 9.17) is 23.2 Å². The van der Waals surface area contributed by atoms with Gasteiger partial charge in [0.05, 0.1) is 10.6 Å². The van der Waals surface area contributed by atoms with Crippen LogP contribution in [0.1, 0.15) is 5.56 Å². The predicted octanol–water partition coefficient (Wildman–Crippen LogP) is 3.92. The minimum Gasteiger partial charge on any atom is -0.353 e. The second kappa shape index (κ2) is 7.46. The predicted molar refractivity (Wildman–Crippen MR) is 96.7 cm³/mol. The highest BCUT2D eigenvalue weighted by Crippen LogP contribution is 2.36. The molecule has 2 aromatic rings. The molecule has 0 aliphatic carbocycles. The van der Waals surface area contributed by atoms with Gasteiger partial charge in [0, 0.05) is 37.4 Å². The molecule has 0 bridgehead atoms. The summed E-state index contributed by atoms with van der Waals surface area (Å²) in [5, 5.41) is 0.299. The van der Waals surface area contributed by atoms with E-state index in [0.29, 0.717) is 5.02 Å². The van der Waals surface area contributed by atoms with Gasteiger partial charge >= 0.3 is 6.18 Å². The fourth-order valence-electron chi connectivity index (χ4n) is 2.83. The first-order chi connectivity index (χ1) is 12.6. The number of nitrogens with zero attached hydrogens (tertiary/aromatic N) is 3. The first-order valence-corrected chi connectivity index (χ1v) is 10.0. The van der Waals surface area contributed by atoms with Crippen LogP contribution in [0.3, 0.4) is 0 Å². The summed E-state index contributed by atoms with van der Waals surface area (Å²) >= 11 is 11.8. The van der Waals surface area contributed by atoms with E-state index >= 15 is 0 Å². The Morgan fingerprint density at radius 3 is 2.30 bits per heavy atom. The van der Waals surface area contributed by atoms with Gasteiger partial charge in [-0.25, -0.2) is 13.4 Å². The van der Waals surface area contributed by atoms with Crippen LogP contribution in [-0.2, 0) is 16.2 Å². The fraction of sp³-hybridized carbons (Fsp3) is 0.312. The van der Waals surface area contributed by atoms with E-state index in [-0.39, 0.29) is 41.9 Å². The number of halogens is 5. The average molecular weight is 440 g/mol. The second-order valence-corrected chi connectivity index (χ2v) is 8.59. The van der Waals surface area contributed by atoms with E-state index in [9.17, 15) is 21.6 Å². The zero-order chi connectivity index (χ0) is 19.8. The number of pyridine rings is 1. The van der Waals surface area contributed by atoms with E-state index in [2.05, 4.69) is 4.98 Å². The molecule has 1 aromatic carbocycles. The van der Waals surface area contributed by atoms with Gasteiger partial charge in [0.15, 0.2) is 0 Å². The molecule has 27 heavy (non-hydrogen) atoms. The average Bonchev–Trinajstić information content (AvgIpc) is 2.61. The van der Waals surface area contributed by atoms with Gasteiger partial charge in [0.1, 0.15) is 10.7 Å². The molecular weight excluding hydrogens is 426 g/mol. The maximum Gasteiger partial charge on any atom is 0.419 e. The molecule has 2 heterocycles. The molecule has 0 amide bonds. The third kappa shape index (κ3) is 4.16. The monoisotopic (exact) mass is 439 g/mol. The molecule has 11 heteroatoms. The number of piperazine rings is 1. The Morgan fingerprint density at radius 2 is 1.70 bits per heavy atom. The number of hydrogen-bond donors (Lipinski definition) is 0. The number of alkyl halides is 3. The van der Waals surface area contributed by atoms with Crippen molar-refractivity contribution in [3.8, 4) is 0 Å². The summed E-state index contributed by atoms with van der Waals surface area (Å²) in [6, 6.07) is 6.23. The van der Waals surface area contributed by atoms with Crippen molar-refractivity contribution in [3.05, 3.63) is 52.1 Å². The molecule has 146 valence electrons. The maximum atomic E-state index is 13.2. The molecule has 0 unspecified atom stereocenters. The van der Waals surface area contributed by atoms with Crippen molar-refractivity contribution in [3.63, 3.8) is 0 Å². The van der Waals surface area contributed by atoms with Gasteiger partial charge in [-0.2, -0.15) is 17.5 Å². The minimum absolute atomic E-state index is 0.00554. The molecule has 3 rings (SSSR count). The SMILES string of the molecule is O=S(=O)(c1ccc(Cl)cc1Cl)N1CCN(c2ncccc2C(F)(F)F)CC1. The van der Waals surface area contributed by atoms with E-state index in [1.54, 1.807) is 0 Å². The topological polar surface area (TPSA) is 53.5 Å². The summed E-state index contributed by atoms with van der Waals surface area (Å²) in [6.45, 7) is 0.166. The number of anilines is 1. The van der Waals surface area contributed by atoms with Gasteiger partial charge in [-0.1, -0.05) is 23.2 Å². The first-order valence-electron chi connectivity index (χ1n) is 7.83. The number of hydrogen-bond acceptors (Lipinski definition) is 4. The molecule has 0 spiro atoms. The van der Waals surface area contributed by atoms with Crippen molar-refractivity contribution >= 4 is 39.0 Å². The molecule has 1 aromatic heterocycles. The van der Waals surface area contributed by atoms with Crippen molar-refractivity contribution < 1.29 is 21.6 Å². The molecule has 0 saturated carbocycles. The van der Waals surface area contributed by atoms with Crippen LogP contribution in [0, 0.1) is 0 Å². The number of rotatable bonds is 3. The van der Waals surface area contributed by atoms with Crippen molar-refractivity contribution in [2.24, 2.45) is 0 Å². The first kappa shape index (κ1) is 20.2. The molecule has 0 atom stereocenters. The van der Waals surface area contributed by atoms with E-state index < -0.39 is 21.8 Å². The van der Waals surface area contributed by atoms with Crippen LogP contribution >= 0.6 is 23.2 Å². The van der Waals surface area contributed by atoms with E-state index in [1.807, 2.05) is 0 Å². The van der Waals surface area contributed by atoms with Crippen LogP contribution in [0.2, 0.25) is 10.0 Å². The summed E-state index contributed by atoms with van der Waals surface area (Å²) in [5.74, 6) is -0.202. The lowest BCUT2D eigenvalue weighted by Crippen LogP contribution is -2.49. The summed E-state index contributed by atoms with van der Waals surface area (Å²) in [6.07, 6.45) is -3.26. The van der Waals surface area contributed by atoms with Crippen LogP contribution in [0.15, 0.2) is 41.4 Å². The Balaban J connectivity index is 1.80. The molecule has 5 nitrogen and oxygen atoms in total. The standard InChI is InChI=1S/C16H14Cl2F3N3O2S/c17-11-3-4-14(13(18)10-11)27(25,26)24-8-6-23(7-9-24)15-12(16(19,20)21)2-1-5-22-15/h1-5,10H,6-9H2. The van der Waals surface area contributed by atoms with Gasteiger partial charge in [-0.05, 0) is 30.3 Å². The summed E-state index contributed by atoms with van der Waals surface area (Å²) in [4.78, 5) is 5.18. The Labute approximate surface area is 164 Å². The number of benzene rings is 1. The third-order valence-corrected chi connectivity index (χ3v) is 6.76. The maximum absolute atomic E-state index is 13.2. The highest BCUT2D eigenvalue weighted by Gasteiger charge is 2.37. The Hall–Kier alpha value is -1.55. The van der Waals surface area contributed by atoms with Crippen LogP contribution in [-0.4, -0.2) is 43.9 Å². The van der Waals surface area contributed by atoms with E-state index in [0.717, 1.165) is 6.07 Å². The lowest BCUT2D eigenvalue weighted by atomic mass is 10.2. The minimum atomic E-state index is -4.54. The molecular formula is C16H14Cl2F3N3O2S. The fourth-order valence-corrected chi connectivity index (χ4v) is 5.00. The van der Waals surface area contributed by atoms with Crippen LogP contribution in [0.4, 0.5) is 19.0 Å². The van der Waals surface area contributed by atoms with Gasteiger partial charge in [0.25, 0.3) is 0 Å². The summed E-state index contributed by atoms with van der Waals surface area (Å²) in [5.41, 5.74) is -0.845. The Bertz CT molecular complexity index is 946. The Kier molecular flexibility index (Phi) is 5.58. The normalized spacial score (nSPS) is 16.6. The zero-order valence-corrected chi connectivity index (χ0v) is 16.1. The van der Waals surface area contributed by atoms with E-state index in [1.165, 1.54) is 39.7 Å². The molecule has 1 aliphatic rings. The number of aromatic nitrogens is 1. The summed E-state index contributed by atoms with van der Waals surface area (Å²) < 4.78 is 66.2. The smallest absolute Gasteiger partial charge is 0.353 e. The van der Waals surface area contributed by atoms with Gasteiger partial charge < -0.3 is 4.90 Å². The van der Waals surface area contributed by atoms with Gasteiger partial charge in [-0.3, -0.25) is 0 Å². The molecule has 0 radical (unpaired) electrons. The quantitative estimate of drug-likeness (QED) is 0.727.